The van der Waals surface area contributed by atoms with Crippen LogP contribution in [0.3, 0.4) is 0 Å². The maximum atomic E-state index is 11.8. The molecular formula is C22H19N7O3. The van der Waals surface area contributed by atoms with Crippen molar-refractivity contribution in [2.75, 3.05) is 17.2 Å². The molecule has 4 aromatic rings. The molecule has 10 nitrogen and oxygen atoms in total. The number of rotatable bonds is 7. The number of anilines is 3. The number of carbonyl (C=O) groups is 1. The molecule has 4 N–H and O–H groups in total. The van der Waals surface area contributed by atoms with E-state index in [1.165, 1.54) is 6.33 Å². The number of carbonyl (C=O) groups excluding carboxylic acids is 1. The monoisotopic (exact) mass is 429 g/mol. The van der Waals surface area contributed by atoms with Gasteiger partial charge in [-0.05, 0) is 29.3 Å². The molecule has 160 valence electrons. The first-order valence-corrected chi connectivity index (χ1v) is 9.96. The molecule has 0 radical (unpaired) electrons. The fourth-order valence-electron chi connectivity index (χ4n) is 3.52. The van der Waals surface area contributed by atoms with E-state index in [0.29, 0.717) is 29.4 Å². The van der Waals surface area contributed by atoms with Gasteiger partial charge in [-0.1, -0.05) is 35.5 Å². The van der Waals surface area contributed by atoms with Crippen molar-refractivity contribution in [3.8, 4) is 11.5 Å². The van der Waals surface area contributed by atoms with E-state index in [1.807, 2.05) is 36.4 Å². The van der Waals surface area contributed by atoms with Gasteiger partial charge >= 0.3 is 0 Å². The lowest BCUT2D eigenvalue weighted by molar-refractivity contribution is 0.0965. The van der Waals surface area contributed by atoms with E-state index in [2.05, 4.69) is 36.1 Å². The molecule has 1 amide bonds. The van der Waals surface area contributed by atoms with Crippen LogP contribution in [0.1, 0.15) is 27.5 Å². The van der Waals surface area contributed by atoms with E-state index in [-0.39, 0.29) is 18.4 Å². The summed E-state index contributed by atoms with van der Waals surface area (Å²) in [4.78, 5) is 24.8. The Labute approximate surface area is 182 Å². The molecule has 5 rings (SSSR count). The molecule has 2 aromatic carbocycles. The fraction of sp³-hybridized carbons (Fsp3) is 0.136. The number of hydrogen-bond donors (Lipinski definition) is 4. The molecule has 32 heavy (non-hydrogen) atoms. The topological polar surface area (TPSA) is 138 Å². The molecule has 0 saturated heterocycles. The van der Waals surface area contributed by atoms with E-state index in [4.69, 9.17) is 4.52 Å². The zero-order valence-corrected chi connectivity index (χ0v) is 16.8. The minimum absolute atomic E-state index is 0.0749. The van der Waals surface area contributed by atoms with Crippen LogP contribution in [-0.4, -0.2) is 37.7 Å². The lowest BCUT2D eigenvalue weighted by atomic mass is 10.1. The normalized spacial score (nSPS) is 13.3. The largest absolute Gasteiger partial charge is 0.394 e. The lowest BCUT2D eigenvalue weighted by Crippen LogP contribution is -2.17. The van der Waals surface area contributed by atoms with E-state index < -0.39 is 6.04 Å². The van der Waals surface area contributed by atoms with Gasteiger partial charge in [-0.3, -0.25) is 4.79 Å². The summed E-state index contributed by atoms with van der Waals surface area (Å²) in [5.74, 6) is 0.936. The highest BCUT2D eigenvalue weighted by atomic mass is 16.5. The number of amides is 1. The van der Waals surface area contributed by atoms with Gasteiger partial charge in [0, 0.05) is 24.0 Å². The Morgan fingerprint density at radius 2 is 2.00 bits per heavy atom. The molecule has 1 aliphatic heterocycles. The lowest BCUT2D eigenvalue weighted by Gasteiger charge is -2.19. The minimum atomic E-state index is -0.405. The van der Waals surface area contributed by atoms with E-state index >= 15 is 0 Å². The summed E-state index contributed by atoms with van der Waals surface area (Å²) in [7, 11) is 0. The highest BCUT2D eigenvalue weighted by molar-refractivity contribution is 5.98. The van der Waals surface area contributed by atoms with Gasteiger partial charge in [0.15, 0.2) is 6.33 Å². The predicted octanol–water partition coefficient (Wildman–Crippen LogP) is 2.66. The van der Waals surface area contributed by atoms with Crippen LogP contribution in [0, 0.1) is 0 Å². The quantitative estimate of drug-likeness (QED) is 0.349. The summed E-state index contributed by atoms with van der Waals surface area (Å²) in [5.41, 5.74) is 3.73. The van der Waals surface area contributed by atoms with Gasteiger partial charge in [-0.15, -0.1) is 0 Å². The number of nitrogens with one attached hydrogen (secondary N) is 3. The fourth-order valence-corrected chi connectivity index (χ4v) is 3.52. The molecule has 0 fully saturated rings. The summed E-state index contributed by atoms with van der Waals surface area (Å²) in [6, 6.07) is 14.6. The zero-order valence-electron chi connectivity index (χ0n) is 16.8. The summed E-state index contributed by atoms with van der Waals surface area (Å²) < 4.78 is 5.20. The first kappa shape index (κ1) is 19.6. The number of benzene rings is 2. The van der Waals surface area contributed by atoms with Crippen LogP contribution in [0.2, 0.25) is 0 Å². The van der Waals surface area contributed by atoms with Gasteiger partial charge in [-0.2, -0.15) is 9.97 Å². The van der Waals surface area contributed by atoms with Gasteiger partial charge in [-0.25, -0.2) is 4.98 Å². The average Bonchev–Trinajstić information content (AvgIpc) is 3.48. The highest BCUT2D eigenvalue weighted by Gasteiger charge is 2.20. The smallest absolute Gasteiger partial charge is 0.262 e. The van der Waals surface area contributed by atoms with Crippen molar-refractivity contribution >= 4 is 23.4 Å². The molecule has 0 bridgehead atoms. The molecular weight excluding hydrogens is 410 g/mol. The number of aliphatic hydroxyl groups is 1. The van der Waals surface area contributed by atoms with E-state index in [0.717, 1.165) is 16.8 Å². The number of nitrogens with zero attached hydrogens (tertiary/aromatic N) is 4. The Balaban J connectivity index is 1.47. The number of aromatic nitrogens is 4. The Morgan fingerprint density at radius 3 is 2.78 bits per heavy atom. The summed E-state index contributed by atoms with van der Waals surface area (Å²) in [5, 5.41) is 22.8. The standard InChI is InChI=1S/C22H19N7O3/c30-11-18(13-4-2-1-3-5-13)28-19-17(21-25-12-26-32-21)10-24-22(29-19)27-15-6-7-16-14(8-15)9-23-20(16)31/h1-8,10,12,18,30H,9,11H2,(H,23,31)(H2,24,27,28,29)/t18-/m1/s1. The first-order chi connectivity index (χ1) is 15.7. The van der Waals surface area contributed by atoms with Gasteiger partial charge in [0.25, 0.3) is 11.8 Å². The molecule has 0 aliphatic carbocycles. The van der Waals surface area contributed by atoms with Crippen molar-refractivity contribution in [3.05, 3.63) is 77.7 Å². The average molecular weight is 429 g/mol. The first-order valence-electron chi connectivity index (χ1n) is 9.96. The third-order valence-electron chi connectivity index (χ3n) is 5.12. The van der Waals surface area contributed by atoms with Crippen molar-refractivity contribution in [2.24, 2.45) is 0 Å². The van der Waals surface area contributed by atoms with Crippen LogP contribution in [0.5, 0.6) is 0 Å². The Morgan fingerprint density at radius 1 is 1.12 bits per heavy atom. The molecule has 2 aromatic heterocycles. The third kappa shape index (κ3) is 3.86. The molecule has 0 unspecified atom stereocenters. The predicted molar refractivity (Wildman–Crippen MR) is 116 cm³/mol. The second-order valence-electron chi connectivity index (χ2n) is 7.17. The third-order valence-corrected chi connectivity index (χ3v) is 5.12. The Kier molecular flexibility index (Phi) is 5.18. The molecule has 1 aliphatic rings. The zero-order chi connectivity index (χ0) is 21.9. The molecule has 1 atom stereocenters. The van der Waals surface area contributed by atoms with Crippen LogP contribution in [0.4, 0.5) is 17.5 Å². The number of hydrogen-bond acceptors (Lipinski definition) is 9. The second kappa shape index (κ2) is 8.44. The number of aliphatic hydroxyl groups excluding tert-OH is 1. The van der Waals surface area contributed by atoms with Crippen LogP contribution >= 0.6 is 0 Å². The van der Waals surface area contributed by atoms with Crippen molar-refractivity contribution in [1.29, 1.82) is 0 Å². The van der Waals surface area contributed by atoms with Gasteiger partial charge in [0.1, 0.15) is 11.4 Å². The van der Waals surface area contributed by atoms with E-state index in [9.17, 15) is 9.90 Å². The van der Waals surface area contributed by atoms with Crippen molar-refractivity contribution in [3.63, 3.8) is 0 Å². The van der Waals surface area contributed by atoms with Crippen molar-refractivity contribution in [2.45, 2.75) is 12.6 Å². The van der Waals surface area contributed by atoms with Gasteiger partial charge < -0.3 is 25.6 Å². The van der Waals surface area contributed by atoms with Crippen molar-refractivity contribution in [1.82, 2.24) is 25.4 Å². The van der Waals surface area contributed by atoms with Crippen LogP contribution in [0.25, 0.3) is 11.5 Å². The molecule has 3 heterocycles. The molecule has 10 heteroatoms. The SMILES string of the molecule is O=C1NCc2cc(Nc3ncc(-c4ncno4)c(N[C@H](CO)c4ccccc4)n3)ccc21. The summed E-state index contributed by atoms with van der Waals surface area (Å²) in [6.07, 6.45) is 2.87. The van der Waals surface area contributed by atoms with E-state index in [1.54, 1.807) is 18.3 Å². The van der Waals surface area contributed by atoms with Crippen LogP contribution in [-0.2, 0) is 6.54 Å². The van der Waals surface area contributed by atoms with Crippen LogP contribution in [0.15, 0.2) is 65.6 Å². The van der Waals surface area contributed by atoms with Gasteiger partial charge in [0.2, 0.25) is 5.95 Å². The molecule has 0 spiro atoms. The maximum absolute atomic E-state index is 11.8. The summed E-state index contributed by atoms with van der Waals surface area (Å²) in [6.45, 7) is 0.342. The minimum Gasteiger partial charge on any atom is -0.394 e. The Hall–Kier alpha value is -4.31. The molecule has 0 saturated carbocycles. The number of fused-ring (bicyclic) bond motifs is 1. The summed E-state index contributed by atoms with van der Waals surface area (Å²) >= 11 is 0. The maximum Gasteiger partial charge on any atom is 0.262 e. The second-order valence-corrected chi connectivity index (χ2v) is 7.17. The van der Waals surface area contributed by atoms with Crippen LogP contribution < -0.4 is 16.0 Å². The van der Waals surface area contributed by atoms with Gasteiger partial charge in [0.05, 0.1) is 12.6 Å². The van der Waals surface area contributed by atoms with Crippen molar-refractivity contribution < 1.29 is 14.4 Å². The Bertz CT molecular complexity index is 1250. The highest BCUT2D eigenvalue weighted by Crippen LogP contribution is 2.29.